The van der Waals surface area contributed by atoms with Crippen molar-refractivity contribution in [1.82, 2.24) is 23.9 Å². The molecular weight excluding hydrogens is 270 g/mol. The number of H-pyrrole nitrogens is 1. The lowest BCUT2D eigenvalue weighted by Gasteiger charge is -2.02. The number of hydrogen-bond donors (Lipinski definition) is 1. The van der Waals surface area contributed by atoms with Gasteiger partial charge in [0.2, 0.25) is 0 Å². The molecule has 4 aromatic rings. The first-order valence-corrected chi connectivity index (χ1v) is 6.82. The molecule has 0 radical (unpaired) electrons. The predicted octanol–water partition coefficient (Wildman–Crippen LogP) is 3.14. The fourth-order valence-corrected chi connectivity index (χ4v) is 2.68. The van der Waals surface area contributed by atoms with Crippen molar-refractivity contribution >= 4 is 22.8 Å². The minimum Gasteiger partial charge on any atom is -0.276 e. The summed E-state index contributed by atoms with van der Waals surface area (Å²) in [5.74, 6) is 0. The van der Waals surface area contributed by atoms with Crippen molar-refractivity contribution in [1.29, 1.82) is 0 Å². The van der Waals surface area contributed by atoms with Crippen LogP contribution in [0, 0.1) is 0 Å². The molecule has 0 atom stereocenters. The molecular formula is C14H9N5S. The Hall–Kier alpha value is -2.60. The fourth-order valence-electron chi connectivity index (χ4n) is 2.16. The van der Waals surface area contributed by atoms with E-state index >= 15 is 0 Å². The van der Waals surface area contributed by atoms with Gasteiger partial charge in [-0.15, -0.1) is 0 Å². The van der Waals surface area contributed by atoms with Crippen LogP contribution in [0.2, 0.25) is 0 Å². The third-order valence-electron chi connectivity index (χ3n) is 3.13. The Balaban J connectivity index is 1.88. The fraction of sp³-hybridized carbons (Fsp3) is 0. The molecule has 0 fully saturated rings. The van der Waals surface area contributed by atoms with E-state index in [9.17, 15) is 0 Å². The summed E-state index contributed by atoms with van der Waals surface area (Å²) in [4.78, 5) is 4.36. The van der Waals surface area contributed by atoms with Crippen LogP contribution in [0.25, 0.3) is 33.5 Å². The number of rotatable bonds is 2. The summed E-state index contributed by atoms with van der Waals surface area (Å²) in [7, 11) is 0. The van der Waals surface area contributed by atoms with E-state index in [1.54, 1.807) is 6.20 Å². The molecule has 3 heterocycles. The molecule has 0 bridgehead atoms. The highest BCUT2D eigenvalue weighted by molar-refractivity contribution is 7.00. The maximum atomic E-state index is 4.36. The van der Waals surface area contributed by atoms with Crippen molar-refractivity contribution in [2.45, 2.75) is 0 Å². The summed E-state index contributed by atoms with van der Waals surface area (Å²) in [6.07, 6.45) is 3.58. The van der Waals surface area contributed by atoms with Gasteiger partial charge in [0.25, 0.3) is 0 Å². The number of hydrogen-bond acceptors (Lipinski definition) is 5. The van der Waals surface area contributed by atoms with Gasteiger partial charge < -0.3 is 0 Å². The average molecular weight is 279 g/mol. The molecule has 3 aromatic heterocycles. The molecule has 1 N–H and O–H groups in total. The molecule has 20 heavy (non-hydrogen) atoms. The van der Waals surface area contributed by atoms with Gasteiger partial charge >= 0.3 is 0 Å². The van der Waals surface area contributed by atoms with Crippen LogP contribution in [0.1, 0.15) is 0 Å². The number of nitrogens with one attached hydrogen (secondary N) is 1. The maximum absolute atomic E-state index is 4.36. The second-order valence-corrected chi connectivity index (χ2v) is 4.87. The quantitative estimate of drug-likeness (QED) is 0.612. The minimum atomic E-state index is 0.872. The molecule has 0 unspecified atom stereocenters. The molecule has 0 saturated heterocycles. The van der Waals surface area contributed by atoms with Crippen LogP contribution in [0.3, 0.4) is 0 Å². The second-order valence-electron chi connectivity index (χ2n) is 4.34. The van der Waals surface area contributed by atoms with Gasteiger partial charge in [0.1, 0.15) is 11.0 Å². The molecule has 0 saturated carbocycles. The zero-order chi connectivity index (χ0) is 13.4. The zero-order valence-corrected chi connectivity index (χ0v) is 11.1. The van der Waals surface area contributed by atoms with Crippen molar-refractivity contribution in [2.75, 3.05) is 0 Å². The van der Waals surface area contributed by atoms with Crippen LogP contribution in [-0.2, 0) is 0 Å². The molecule has 0 amide bonds. The highest BCUT2D eigenvalue weighted by atomic mass is 32.1. The van der Waals surface area contributed by atoms with Crippen molar-refractivity contribution in [3.8, 4) is 22.5 Å². The first-order chi connectivity index (χ1) is 9.92. The molecule has 0 aliphatic rings. The zero-order valence-electron chi connectivity index (χ0n) is 10.3. The van der Waals surface area contributed by atoms with Gasteiger partial charge in [0, 0.05) is 11.8 Å². The summed E-state index contributed by atoms with van der Waals surface area (Å²) in [6.45, 7) is 0. The van der Waals surface area contributed by atoms with E-state index in [0.717, 1.165) is 33.5 Å². The third-order valence-corrected chi connectivity index (χ3v) is 3.68. The molecule has 5 nitrogen and oxygen atoms in total. The molecule has 4 rings (SSSR count). The molecule has 1 aromatic carbocycles. The van der Waals surface area contributed by atoms with Crippen LogP contribution in [0.15, 0.2) is 48.8 Å². The van der Waals surface area contributed by atoms with E-state index in [4.69, 9.17) is 0 Å². The normalized spacial score (nSPS) is 11.0. The van der Waals surface area contributed by atoms with E-state index in [2.05, 4.69) is 23.9 Å². The van der Waals surface area contributed by atoms with Gasteiger partial charge in [-0.3, -0.25) is 10.1 Å². The first-order valence-electron chi connectivity index (χ1n) is 6.09. The van der Waals surface area contributed by atoms with E-state index < -0.39 is 0 Å². The number of benzene rings is 1. The molecule has 0 aliphatic heterocycles. The van der Waals surface area contributed by atoms with Crippen LogP contribution in [-0.4, -0.2) is 23.9 Å². The van der Waals surface area contributed by atoms with Crippen LogP contribution in [0.5, 0.6) is 0 Å². The minimum absolute atomic E-state index is 0.872. The second kappa shape index (κ2) is 4.50. The highest BCUT2D eigenvalue weighted by Crippen LogP contribution is 2.30. The predicted molar refractivity (Wildman–Crippen MR) is 78.2 cm³/mol. The summed E-state index contributed by atoms with van der Waals surface area (Å²) >= 11 is 1.22. The van der Waals surface area contributed by atoms with Crippen LogP contribution in [0.4, 0.5) is 0 Å². The van der Waals surface area contributed by atoms with Crippen LogP contribution >= 0.6 is 11.7 Å². The lowest BCUT2D eigenvalue weighted by molar-refractivity contribution is 1.09. The first kappa shape index (κ1) is 11.2. The van der Waals surface area contributed by atoms with Crippen molar-refractivity contribution in [3.63, 3.8) is 0 Å². The summed E-state index contributed by atoms with van der Waals surface area (Å²) < 4.78 is 8.49. The average Bonchev–Trinajstić information content (AvgIpc) is 3.16. The van der Waals surface area contributed by atoms with Gasteiger partial charge in [-0.25, -0.2) is 0 Å². The number of aromatic nitrogens is 5. The number of fused-ring (bicyclic) bond motifs is 1. The molecule has 6 heteroatoms. The van der Waals surface area contributed by atoms with Gasteiger partial charge in [-0.05, 0) is 29.8 Å². The molecule has 96 valence electrons. The molecule has 0 aliphatic carbocycles. The van der Waals surface area contributed by atoms with Crippen LogP contribution < -0.4 is 0 Å². The van der Waals surface area contributed by atoms with E-state index in [1.165, 1.54) is 11.7 Å². The lowest BCUT2D eigenvalue weighted by atomic mass is 10.0. The number of pyridine rings is 1. The SMILES string of the molecule is c1ccc(-c2[nH]ncc2-c2ccc3nsnc3c2)nc1. The Morgan fingerprint density at radius 2 is 1.95 bits per heavy atom. The van der Waals surface area contributed by atoms with Gasteiger partial charge in [0.05, 0.1) is 29.3 Å². The van der Waals surface area contributed by atoms with E-state index in [1.807, 2.05) is 42.6 Å². The molecule has 0 spiro atoms. The standard InChI is InChI=1S/C14H9N5S/c1-2-6-15-12(3-1)14-10(8-16-17-14)9-4-5-11-13(7-9)19-20-18-11/h1-8H,(H,16,17). The van der Waals surface area contributed by atoms with Crippen molar-refractivity contribution < 1.29 is 0 Å². The van der Waals surface area contributed by atoms with Crippen molar-refractivity contribution in [2.24, 2.45) is 0 Å². The number of nitrogens with zero attached hydrogens (tertiary/aromatic N) is 4. The topological polar surface area (TPSA) is 67.3 Å². The Labute approximate surface area is 118 Å². The lowest BCUT2D eigenvalue weighted by Crippen LogP contribution is -1.85. The van der Waals surface area contributed by atoms with Gasteiger partial charge in [0.15, 0.2) is 0 Å². The maximum Gasteiger partial charge on any atom is 0.105 e. The summed E-state index contributed by atoms with van der Waals surface area (Å²) in [5, 5.41) is 7.16. The monoisotopic (exact) mass is 279 g/mol. The Kier molecular flexibility index (Phi) is 2.53. The van der Waals surface area contributed by atoms with Gasteiger partial charge in [-0.1, -0.05) is 12.1 Å². The summed E-state index contributed by atoms with van der Waals surface area (Å²) in [6, 6.07) is 11.8. The highest BCUT2D eigenvalue weighted by Gasteiger charge is 2.11. The summed E-state index contributed by atoms with van der Waals surface area (Å²) in [5.41, 5.74) is 5.67. The number of aromatic amines is 1. The smallest absolute Gasteiger partial charge is 0.105 e. The Morgan fingerprint density at radius 1 is 1.00 bits per heavy atom. The van der Waals surface area contributed by atoms with E-state index in [-0.39, 0.29) is 0 Å². The van der Waals surface area contributed by atoms with E-state index in [0.29, 0.717) is 0 Å². The Morgan fingerprint density at radius 3 is 2.85 bits per heavy atom. The van der Waals surface area contributed by atoms with Gasteiger partial charge in [-0.2, -0.15) is 13.8 Å². The third kappa shape index (κ3) is 1.78. The Bertz CT molecular complexity index is 865. The largest absolute Gasteiger partial charge is 0.276 e. The van der Waals surface area contributed by atoms with Crippen molar-refractivity contribution in [3.05, 3.63) is 48.8 Å².